The average Bonchev–Trinajstić information content (AvgIpc) is 3.05. The van der Waals surface area contributed by atoms with E-state index in [1.165, 1.54) is 16.2 Å². The van der Waals surface area contributed by atoms with Crippen LogP contribution in [0.2, 0.25) is 5.02 Å². The zero-order valence-corrected chi connectivity index (χ0v) is 17.2. The molecule has 2 heterocycles. The van der Waals surface area contributed by atoms with E-state index in [1.54, 1.807) is 19.1 Å². The fourth-order valence-electron chi connectivity index (χ4n) is 3.51. The highest BCUT2D eigenvalue weighted by atomic mass is 35.5. The van der Waals surface area contributed by atoms with Crippen LogP contribution in [0.5, 0.6) is 0 Å². The number of carbonyl (C=O) groups is 1. The summed E-state index contributed by atoms with van der Waals surface area (Å²) in [5, 5.41) is 9.34. The van der Waals surface area contributed by atoms with Gasteiger partial charge < -0.3 is 4.74 Å². The van der Waals surface area contributed by atoms with Crippen LogP contribution in [0.4, 0.5) is 0 Å². The summed E-state index contributed by atoms with van der Waals surface area (Å²) in [7, 11) is 0. The molecule has 2 atom stereocenters. The van der Waals surface area contributed by atoms with Crippen LogP contribution >= 0.6 is 22.9 Å². The maximum absolute atomic E-state index is 13.1. The molecule has 0 saturated heterocycles. The maximum atomic E-state index is 13.1. The Kier molecular flexibility index (Phi) is 5.21. The largest absolute Gasteiger partial charge is 0.459 e. The number of aryl methyl sites for hydroxylation is 1. The lowest BCUT2D eigenvalue weighted by atomic mass is 9.89. The van der Waals surface area contributed by atoms with Gasteiger partial charge in [0.2, 0.25) is 0 Å². The number of hydrogen-bond donors (Lipinski definition) is 0. The van der Waals surface area contributed by atoms with Crippen molar-refractivity contribution in [2.45, 2.75) is 45.8 Å². The molecule has 146 valence electrons. The molecule has 0 saturated carbocycles. The molecule has 0 radical (unpaired) electrons. The van der Waals surface area contributed by atoms with Crippen LogP contribution in [-0.2, 0) is 29.0 Å². The number of fused-ring (bicyclic) bond motifs is 3. The highest BCUT2D eigenvalue weighted by molar-refractivity contribution is 7.18. The number of thiophene rings is 1. The van der Waals surface area contributed by atoms with E-state index in [0.717, 1.165) is 29.5 Å². The van der Waals surface area contributed by atoms with Gasteiger partial charge in [0.05, 0.1) is 5.39 Å². The number of rotatable bonds is 4. The molecule has 1 aromatic carbocycles. The molecule has 6 nitrogen and oxygen atoms in total. The zero-order valence-electron chi connectivity index (χ0n) is 15.6. The van der Waals surface area contributed by atoms with Crippen LogP contribution in [0.25, 0.3) is 10.2 Å². The normalized spacial score (nSPS) is 17.3. The highest BCUT2D eigenvalue weighted by Gasteiger charge is 2.26. The summed E-state index contributed by atoms with van der Waals surface area (Å²) in [6.45, 7) is 3.85. The van der Waals surface area contributed by atoms with Gasteiger partial charge >= 0.3 is 5.97 Å². The zero-order chi connectivity index (χ0) is 19.8. The van der Waals surface area contributed by atoms with Gasteiger partial charge in [-0.2, -0.15) is 4.68 Å². The molecule has 0 spiro atoms. The molecule has 3 aromatic rings. The summed E-state index contributed by atoms with van der Waals surface area (Å²) in [5.74, 6) is 0.0582. The van der Waals surface area contributed by atoms with E-state index in [1.807, 2.05) is 12.1 Å². The molecule has 4 rings (SSSR count). The van der Waals surface area contributed by atoms with Crippen LogP contribution in [0.1, 0.15) is 42.3 Å². The Balaban J connectivity index is 1.60. The third kappa shape index (κ3) is 3.44. The second-order valence-electron chi connectivity index (χ2n) is 7.25. The van der Waals surface area contributed by atoms with Gasteiger partial charge in [-0.3, -0.25) is 4.79 Å². The Labute approximate surface area is 171 Å². The molecule has 0 amide bonds. The fourth-order valence-corrected chi connectivity index (χ4v) is 5.02. The minimum absolute atomic E-state index is 0.0407. The quantitative estimate of drug-likeness (QED) is 0.601. The Morgan fingerprint density at radius 2 is 2.21 bits per heavy atom. The highest BCUT2D eigenvalue weighted by Crippen LogP contribution is 2.35. The molecule has 0 fully saturated rings. The number of esters is 1. The van der Waals surface area contributed by atoms with Gasteiger partial charge in [0.15, 0.2) is 10.9 Å². The SMILES string of the molecule is C[C@@H]1CCc2c(sc3nnn([C@H](C)C(=O)OCc4ccccc4Cl)c(=O)c23)C1. The van der Waals surface area contributed by atoms with Crippen LogP contribution in [0.15, 0.2) is 29.1 Å². The number of hydrogen-bond acceptors (Lipinski definition) is 6. The predicted octanol–water partition coefficient (Wildman–Crippen LogP) is 3.94. The third-order valence-corrected chi connectivity index (χ3v) is 6.69. The summed E-state index contributed by atoms with van der Waals surface area (Å²) in [6.07, 6.45) is 2.88. The lowest BCUT2D eigenvalue weighted by molar-refractivity contribution is -0.148. The summed E-state index contributed by atoms with van der Waals surface area (Å²) in [6, 6.07) is 6.28. The van der Waals surface area contributed by atoms with Gasteiger partial charge in [-0.1, -0.05) is 41.9 Å². The lowest BCUT2D eigenvalue weighted by Gasteiger charge is -2.17. The second-order valence-corrected chi connectivity index (χ2v) is 8.74. The number of halogens is 1. The van der Waals surface area contributed by atoms with Crippen LogP contribution in [0, 0.1) is 5.92 Å². The van der Waals surface area contributed by atoms with Crippen LogP contribution < -0.4 is 5.56 Å². The van der Waals surface area contributed by atoms with Crippen LogP contribution in [-0.4, -0.2) is 21.0 Å². The van der Waals surface area contributed by atoms with E-state index < -0.39 is 12.0 Å². The summed E-state index contributed by atoms with van der Waals surface area (Å²) in [5.41, 5.74) is 1.50. The van der Waals surface area contributed by atoms with Gasteiger partial charge in [0.1, 0.15) is 6.61 Å². The Morgan fingerprint density at radius 1 is 1.43 bits per heavy atom. The van der Waals surface area contributed by atoms with Crippen molar-refractivity contribution in [1.82, 2.24) is 15.0 Å². The molecule has 1 aliphatic rings. The monoisotopic (exact) mass is 417 g/mol. The first kappa shape index (κ1) is 19.1. The minimum Gasteiger partial charge on any atom is -0.459 e. The minimum atomic E-state index is -0.870. The third-order valence-electron chi connectivity index (χ3n) is 5.18. The molecular formula is C20H20ClN3O3S. The van der Waals surface area contributed by atoms with Crippen molar-refractivity contribution < 1.29 is 9.53 Å². The van der Waals surface area contributed by atoms with Crippen molar-refractivity contribution in [3.05, 3.63) is 55.6 Å². The average molecular weight is 418 g/mol. The van der Waals surface area contributed by atoms with Gasteiger partial charge in [-0.15, -0.1) is 16.4 Å². The smallest absolute Gasteiger partial charge is 0.331 e. The van der Waals surface area contributed by atoms with E-state index in [0.29, 0.717) is 26.7 Å². The van der Waals surface area contributed by atoms with E-state index in [4.69, 9.17) is 16.3 Å². The lowest BCUT2D eigenvalue weighted by Crippen LogP contribution is -2.32. The topological polar surface area (TPSA) is 74.1 Å². The first-order valence-electron chi connectivity index (χ1n) is 9.25. The van der Waals surface area contributed by atoms with Crippen molar-refractivity contribution in [1.29, 1.82) is 0 Å². The van der Waals surface area contributed by atoms with Crippen molar-refractivity contribution in [2.75, 3.05) is 0 Å². The van der Waals surface area contributed by atoms with Gasteiger partial charge in [-0.05, 0) is 43.7 Å². The second kappa shape index (κ2) is 7.64. The molecule has 0 bridgehead atoms. The molecule has 2 aromatic heterocycles. The molecule has 0 aliphatic heterocycles. The van der Waals surface area contributed by atoms with E-state index in [2.05, 4.69) is 17.2 Å². The Morgan fingerprint density at radius 3 is 3.00 bits per heavy atom. The number of benzene rings is 1. The molecule has 28 heavy (non-hydrogen) atoms. The predicted molar refractivity (Wildman–Crippen MR) is 109 cm³/mol. The molecule has 0 unspecified atom stereocenters. The summed E-state index contributed by atoms with van der Waals surface area (Å²) in [4.78, 5) is 27.4. The molecule has 8 heteroatoms. The number of carbonyl (C=O) groups excluding carboxylic acids is 1. The fraction of sp³-hybridized carbons (Fsp3) is 0.400. The number of aromatic nitrogens is 3. The Hall–Kier alpha value is -2.25. The van der Waals surface area contributed by atoms with E-state index >= 15 is 0 Å². The van der Waals surface area contributed by atoms with E-state index in [9.17, 15) is 9.59 Å². The summed E-state index contributed by atoms with van der Waals surface area (Å²) >= 11 is 7.63. The van der Waals surface area contributed by atoms with Crippen LogP contribution in [0.3, 0.4) is 0 Å². The number of nitrogens with zero attached hydrogens (tertiary/aromatic N) is 3. The van der Waals surface area contributed by atoms with E-state index in [-0.39, 0.29) is 12.2 Å². The van der Waals surface area contributed by atoms with Crippen molar-refractivity contribution >= 4 is 39.1 Å². The van der Waals surface area contributed by atoms with Crippen molar-refractivity contribution in [3.63, 3.8) is 0 Å². The van der Waals surface area contributed by atoms with Gasteiger partial charge in [0.25, 0.3) is 5.56 Å². The number of ether oxygens (including phenoxy) is 1. The summed E-state index contributed by atoms with van der Waals surface area (Å²) < 4.78 is 6.48. The van der Waals surface area contributed by atoms with Gasteiger partial charge in [0, 0.05) is 15.5 Å². The molecule has 0 N–H and O–H groups in total. The van der Waals surface area contributed by atoms with Crippen molar-refractivity contribution in [3.8, 4) is 0 Å². The maximum Gasteiger partial charge on any atom is 0.331 e. The Bertz CT molecular complexity index is 1110. The molecule has 1 aliphatic carbocycles. The molecular weight excluding hydrogens is 398 g/mol. The first-order valence-corrected chi connectivity index (χ1v) is 10.4. The first-order chi connectivity index (χ1) is 13.5. The standard InChI is InChI=1S/C20H20ClN3O3S/c1-11-7-8-14-16(9-11)28-18-17(14)19(25)24(23-22-18)12(2)20(26)27-10-13-5-3-4-6-15(13)21/h3-6,11-12H,7-10H2,1-2H3/t11-,12-/m1/s1. The van der Waals surface area contributed by atoms with Crippen molar-refractivity contribution in [2.24, 2.45) is 5.92 Å². The van der Waals surface area contributed by atoms with Gasteiger partial charge in [-0.25, -0.2) is 4.79 Å².